The van der Waals surface area contributed by atoms with E-state index in [-0.39, 0.29) is 46.7 Å². The summed E-state index contributed by atoms with van der Waals surface area (Å²) < 4.78 is 30.7. The molecule has 0 bridgehead atoms. The zero-order valence-electron chi connectivity index (χ0n) is 5.61. The predicted molar refractivity (Wildman–Crippen MR) is 26.1 cm³/mol. The average molecular weight is 201 g/mol. The zero-order chi connectivity index (χ0) is 4.50. The normalized spacial score (nSPS) is 8.43. The summed E-state index contributed by atoms with van der Waals surface area (Å²) in [5.41, 5.74) is 0. The van der Waals surface area contributed by atoms with Crippen LogP contribution < -0.4 is 6.15 Å². The van der Waals surface area contributed by atoms with Gasteiger partial charge in [-0.05, 0) is 0 Å². The van der Waals surface area contributed by atoms with Crippen LogP contribution in [0.2, 0.25) is 0 Å². The van der Waals surface area contributed by atoms with Crippen LogP contribution in [0, 0.1) is 0 Å². The second-order valence-corrected chi connectivity index (χ2v) is 2.67. The summed E-state index contributed by atoms with van der Waals surface area (Å²) in [4.78, 5) is 0. The molecule has 0 spiro atoms. The molecule has 44 valence electrons. The van der Waals surface area contributed by atoms with Gasteiger partial charge in [-0.2, -0.15) is 0 Å². The van der Waals surface area contributed by atoms with E-state index in [2.05, 4.69) is 0 Å². The zero-order valence-corrected chi connectivity index (χ0v) is 7.70. The molecule has 0 heterocycles. The smallest absolute Gasteiger partial charge is 1.00 e. The van der Waals surface area contributed by atoms with E-state index in [1.807, 2.05) is 0 Å². The molecule has 0 aliphatic rings. The van der Waals surface area contributed by atoms with Crippen molar-refractivity contribution >= 4 is 52.3 Å². The van der Waals surface area contributed by atoms with Gasteiger partial charge in [0.25, 0.3) is 0 Å². The van der Waals surface area contributed by atoms with Crippen LogP contribution in [-0.2, 0) is 3.74 Å². The van der Waals surface area contributed by atoms with E-state index < -0.39 is 14.5 Å². The molecule has 7 heteroatoms. The molecule has 0 aromatic carbocycles. The molecule has 0 amide bonds. The van der Waals surface area contributed by atoms with Gasteiger partial charge in [-0.25, -0.2) is 0 Å². The van der Waals surface area contributed by atoms with Gasteiger partial charge in [-0.15, -0.1) is 0 Å². The van der Waals surface area contributed by atoms with E-state index in [0.717, 1.165) is 0 Å². The van der Waals surface area contributed by atoms with E-state index in [0.29, 0.717) is 0 Å². The second kappa shape index (κ2) is 5.59. The Morgan fingerprint density at radius 1 is 1.29 bits per heavy atom. The van der Waals surface area contributed by atoms with E-state index in [4.69, 9.17) is 16.0 Å². The maximum atomic E-state index is 8.94. The molecular formula is H8AsCaNO4. The molecule has 0 saturated heterocycles. The molecule has 7 heavy (non-hydrogen) atoms. The second-order valence-electron chi connectivity index (χ2n) is 0.513. The summed E-state index contributed by atoms with van der Waals surface area (Å²) in [6.45, 7) is 0. The van der Waals surface area contributed by atoms with Crippen molar-refractivity contribution in [3.63, 3.8) is 0 Å². The van der Waals surface area contributed by atoms with E-state index >= 15 is 0 Å². The minimum Gasteiger partial charge on any atom is -1.00 e. The third kappa shape index (κ3) is 104. The molecular weight excluding hydrogens is 193 g/mol. The van der Waals surface area contributed by atoms with Crippen molar-refractivity contribution in [1.29, 1.82) is 0 Å². The van der Waals surface area contributed by atoms with Gasteiger partial charge < -0.3 is 9.00 Å². The van der Waals surface area contributed by atoms with Crippen LogP contribution in [0.4, 0.5) is 0 Å². The minimum atomic E-state index is -5.12. The number of hydrogen-bond acceptors (Lipinski definition) is 2. The van der Waals surface area contributed by atoms with Crippen LogP contribution >= 0.6 is 0 Å². The van der Waals surface area contributed by atoms with Crippen LogP contribution in [0.15, 0.2) is 0 Å². The van der Waals surface area contributed by atoms with Crippen molar-refractivity contribution in [2.75, 3.05) is 0 Å². The standard InChI is InChI=1S/AsH3O4.Ca.H3N.2H/c2-1(3,4)5;;;;/h(H3,2,3,4,5);;1H3;;/q;+2;;2*-1. The first-order valence-electron chi connectivity index (χ1n) is 0.783. The molecule has 0 atom stereocenters. The first kappa shape index (κ1) is 15.8. The van der Waals surface area contributed by atoms with Crippen molar-refractivity contribution in [1.82, 2.24) is 6.15 Å². The van der Waals surface area contributed by atoms with E-state index in [1.165, 1.54) is 0 Å². The molecule has 0 aromatic rings. The van der Waals surface area contributed by atoms with Gasteiger partial charge in [-0.3, -0.25) is 0 Å². The summed E-state index contributed by atoms with van der Waals surface area (Å²) in [7, 11) is 0. The molecule has 0 aliphatic carbocycles. The van der Waals surface area contributed by atoms with Crippen molar-refractivity contribution in [2.24, 2.45) is 0 Å². The Morgan fingerprint density at radius 2 is 1.29 bits per heavy atom. The average Bonchev–Trinajstić information content (AvgIpc) is 0.722. The fourth-order valence-corrected chi connectivity index (χ4v) is 0. The molecule has 5 nitrogen and oxygen atoms in total. The third-order valence-electron chi connectivity index (χ3n) is 0. The van der Waals surface area contributed by atoms with Crippen molar-refractivity contribution in [2.45, 2.75) is 0 Å². The van der Waals surface area contributed by atoms with Crippen LogP contribution in [0.5, 0.6) is 0 Å². The molecule has 0 saturated carbocycles. The van der Waals surface area contributed by atoms with Gasteiger partial charge in [-0.1, -0.05) is 0 Å². The van der Waals surface area contributed by atoms with Gasteiger partial charge >= 0.3 is 68.3 Å². The van der Waals surface area contributed by atoms with E-state index in [9.17, 15) is 0 Å². The monoisotopic (exact) mass is 201 g/mol. The van der Waals surface area contributed by atoms with Crippen LogP contribution in [0.25, 0.3) is 0 Å². The van der Waals surface area contributed by atoms with Crippen molar-refractivity contribution < 1.29 is 18.9 Å². The Kier molecular flexibility index (Phi) is 12.6. The first-order valence-corrected chi connectivity index (χ1v) is 4.07. The Morgan fingerprint density at radius 3 is 1.29 bits per heavy atom. The topological polar surface area (TPSA) is 113 Å². The summed E-state index contributed by atoms with van der Waals surface area (Å²) in [5, 5.41) is 0. The fraction of sp³-hybridized carbons (Fsp3) is 0. The number of hydrogen-bond donors (Lipinski definition) is 4. The summed E-state index contributed by atoms with van der Waals surface area (Å²) in [6.07, 6.45) is 0. The molecule has 0 aliphatic heterocycles. The summed E-state index contributed by atoms with van der Waals surface area (Å²) >= 11 is -5.12. The van der Waals surface area contributed by atoms with Gasteiger partial charge in [0.05, 0.1) is 0 Å². The first-order chi connectivity index (χ1) is 2.00. The summed E-state index contributed by atoms with van der Waals surface area (Å²) in [5.74, 6) is 0. The molecule has 0 fully saturated rings. The fourth-order valence-electron chi connectivity index (χ4n) is 0. The molecule has 0 rings (SSSR count). The molecule has 0 radical (unpaired) electrons. The van der Waals surface area contributed by atoms with Crippen LogP contribution in [0.1, 0.15) is 2.85 Å². The molecule has 0 unspecified atom stereocenters. The van der Waals surface area contributed by atoms with E-state index in [1.54, 1.807) is 0 Å². The van der Waals surface area contributed by atoms with Crippen molar-refractivity contribution in [3.05, 3.63) is 0 Å². The van der Waals surface area contributed by atoms with Gasteiger partial charge in [0, 0.05) is 0 Å². The van der Waals surface area contributed by atoms with Gasteiger partial charge in [0.2, 0.25) is 0 Å². The molecule has 6 N–H and O–H groups in total. The third-order valence-corrected chi connectivity index (χ3v) is 0. The quantitative estimate of drug-likeness (QED) is 0.333. The van der Waals surface area contributed by atoms with Crippen LogP contribution in [0.3, 0.4) is 0 Å². The Balaban J connectivity index is -0.0000000133. The SMILES string of the molecule is N.O=[As](O)(O)O.[Ca+2].[H-].[H-]. The van der Waals surface area contributed by atoms with Gasteiger partial charge in [0.15, 0.2) is 0 Å². The Bertz CT molecular complexity index is 64.7. The van der Waals surface area contributed by atoms with Crippen LogP contribution in [-0.4, -0.2) is 64.5 Å². The maximum absolute atomic E-state index is 8.94. The van der Waals surface area contributed by atoms with Crippen molar-refractivity contribution in [3.8, 4) is 0 Å². The Hall–Kier alpha value is 1.46. The maximum Gasteiger partial charge on any atom is 2.00 e. The largest absolute Gasteiger partial charge is 2.00 e. The summed E-state index contributed by atoms with van der Waals surface area (Å²) in [6, 6.07) is 0. The van der Waals surface area contributed by atoms with Gasteiger partial charge in [0.1, 0.15) is 0 Å². The number of rotatable bonds is 0. The molecule has 0 aromatic heterocycles. The minimum absolute atomic E-state index is 0. The predicted octanol–water partition coefficient (Wildman–Crippen LogP) is -2.16. The Labute approximate surface area is 76.6 Å².